The van der Waals surface area contributed by atoms with Crippen LogP contribution >= 0.6 is 15.9 Å². The number of rotatable bonds is 5. The second kappa shape index (κ2) is 7.49. The van der Waals surface area contributed by atoms with Gasteiger partial charge in [-0.1, -0.05) is 34.1 Å². The molecule has 1 atom stereocenters. The number of hydrazone groups is 1. The molecule has 23 heavy (non-hydrogen) atoms. The largest absolute Gasteiger partial charge is 0.353 e. The van der Waals surface area contributed by atoms with Crippen molar-refractivity contribution >= 4 is 33.9 Å². The SMILES string of the molecule is C[C@H](Nc1n[nH]c(=O)[nH]c1=O)C(=O)N/N=C\c1ccccc1Br. The van der Waals surface area contributed by atoms with Gasteiger partial charge in [0.2, 0.25) is 5.82 Å². The van der Waals surface area contributed by atoms with Gasteiger partial charge in [-0.3, -0.25) is 14.6 Å². The van der Waals surface area contributed by atoms with Crippen molar-refractivity contribution in [1.82, 2.24) is 20.6 Å². The first-order valence-electron chi connectivity index (χ1n) is 6.50. The molecule has 2 rings (SSSR count). The summed E-state index contributed by atoms with van der Waals surface area (Å²) in [4.78, 5) is 36.2. The van der Waals surface area contributed by atoms with Crippen molar-refractivity contribution in [2.24, 2.45) is 5.10 Å². The molecule has 0 aliphatic carbocycles. The standard InChI is InChI=1S/C13H13BrN6O3/c1-7(16-10-12(22)17-13(23)20-18-10)11(21)19-15-6-8-4-2-3-5-9(8)14/h2-7H,1H3,(H,16,18)(H,19,21)(H2,17,20,22,23)/b15-6-/t7-/m0/s1. The lowest BCUT2D eigenvalue weighted by Gasteiger charge is -2.11. The van der Waals surface area contributed by atoms with Crippen LogP contribution in [0.4, 0.5) is 5.82 Å². The van der Waals surface area contributed by atoms with Gasteiger partial charge in [-0.15, -0.1) is 5.10 Å². The Morgan fingerprint density at radius 2 is 2.13 bits per heavy atom. The quantitative estimate of drug-likeness (QED) is 0.433. The molecule has 1 aromatic heterocycles. The van der Waals surface area contributed by atoms with Gasteiger partial charge in [0.1, 0.15) is 6.04 Å². The maximum absolute atomic E-state index is 11.9. The lowest BCUT2D eigenvalue weighted by atomic mass is 10.2. The third-order valence-electron chi connectivity index (χ3n) is 2.74. The van der Waals surface area contributed by atoms with E-state index in [9.17, 15) is 14.4 Å². The summed E-state index contributed by atoms with van der Waals surface area (Å²) in [5.41, 5.74) is 1.70. The molecule has 0 unspecified atom stereocenters. The first-order valence-corrected chi connectivity index (χ1v) is 7.29. The molecule has 0 spiro atoms. The molecule has 0 bridgehead atoms. The second-order valence-corrected chi connectivity index (χ2v) is 5.33. The van der Waals surface area contributed by atoms with E-state index in [1.807, 2.05) is 29.2 Å². The second-order valence-electron chi connectivity index (χ2n) is 4.48. The molecule has 1 amide bonds. The van der Waals surface area contributed by atoms with E-state index in [0.717, 1.165) is 10.0 Å². The van der Waals surface area contributed by atoms with Gasteiger partial charge >= 0.3 is 5.69 Å². The third kappa shape index (κ3) is 4.61. The van der Waals surface area contributed by atoms with Gasteiger partial charge < -0.3 is 5.32 Å². The number of nitrogens with one attached hydrogen (secondary N) is 4. The Kier molecular flexibility index (Phi) is 5.41. The zero-order valence-electron chi connectivity index (χ0n) is 12.0. The maximum Gasteiger partial charge on any atom is 0.342 e. The van der Waals surface area contributed by atoms with Crippen LogP contribution in [-0.4, -0.2) is 33.3 Å². The van der Waals surface area contributed by atoms with Crippen molar-refractivity contribution in [1.29, 1.82) is 0 Å². The number of nitrogens with zero attached hydrogens (tertiary/aromatic N) is 2. The molecule has 1 heterocycles. The van der Waals surface area contributed by atoms with Crippen LogP contribution in [0.2, 0.25) is 0 Å². The Morgan fingerprint density at radius 3 is 2.83 bits per heavy atom. The summed E-state index contributed by atoms with van der Waals surface area (Å²) in [6.45, 7) is 1.52. The van der Waals surface area contributed by atoms with Crippen molar-refractivity contribution in [2.75, 3.05) is 5.32 Å². The molecular weight excluding hydrogens is 368 g/mol. The Labute approximate surface area is 138 Å². The topological polar surface area (TPSA) is 132 Å². The van der Waals surface area contributed by atoms with Crippen LogP contribution in [0.1, 0.15) is 12.5 Å². The van der Waals surface area contributed by atoms with E-state index in [-0.39, 0.29) is 5.82 Å². The first kappa shape index (κ1) is 16.6. The van der Waals surface area contributed by atoms with Crippen LogP contribution in [-0.2, 0) is 4.79 Å². The molecule has 4 N–H and O–H groups in total. The molecule has 0 saturated carbocycles. The van der Waals surface area contributed by atoms with Crippen LogP contribution in [0, 0.1) is 0 Å². The van der Waals surface area contributed by atoms with E-state index in [2.05, 4.69) is 42.0 Å². The number of H-pyrrole nitrogens is 2. The maximum atomic E-state index is 11.9. The molecule has 10 heteroatoms. The summed E-state index contributed by atoms with van der Waals surface area (Å²) in [5.74, 6) is -0.636. The predicted molar refractivity (Wildman–Crippen MR) is 88.4 cm³/mol. The molecule has 1 aromatic carbocycles. The molecule has 0 radical (unpaired) electrons. The van der Waals surface area contributed by atoms with E-state index in [1.54, 1.807) is 0 Å². The molecule has 2 aromatic rings. The Balaban J connectivity index is 1.96. The minimum Gasteiger partial charge on any atom is -0.353 e. The summed E-state index contributed by atoms with van der Waals surface area (Å²) in [6.07, 6.45) is 1.49. The molecule has 120 valence electrons. The van der Waals surface area contributed by atoms with Crippen LogP contribution < -0.4 is 22.0 Å². The fraction of sp³-hybridized carbons (Fsp3) is 0.154. The highest BCUT2D eigenvalue weighted by atomic mass is 79.9. The highest BCUT2D eigenvalue weighted by Gasteiger charge is 2.14. The lowest BCUT2D eigenvalue weighted by molar-refractivity contribution is -0.121. The van der Waals surface area contributed by atoms with Gasteiger partial charge in [0, 0.05) is 10.0 Å². The first-order chi connectivity index (χ1) is 11.0. The number of aromatic nitrogens is 3. The van der Waals surface area contributed by atoms with Gasteiger partial charge in [0.15, 0.2) is 0 Å². The van der Waals surface area contributed by atoms with E-state index in [1.165, 1.54) is 13.1 Å². The molecule has 9 nitrogen and oxygen atoms in total. The number of carbonyl (C=O) groups excluding carboxylic acids is 1. The normalized spacial score (nSPS) is 12.1. The third-order valence-corrected chi connectivity index (χ3v) is 3.46. The highest BCUT2D eigenvalue weighted by Crippen LogP contribution is 2.13. The smallest absolute Gasteiger partial charge is 0.342 e. The van der Waals surface area contributed by atoms with Crippen LogP contribution in [0.15, 0.2) is 43.4 Å². The highest BCUT2D eigenvalue weighted by molar-refractivity contribution is 9.10. The molecule has 0 fully saturated rings. The van der Waals surface area contributed by atoms with Gasteiger partial charge in [0.25, 0.3) is 11.5 Å². The Morgan fingerprint density at radius 1 is 1.39 bits per heavy atom. The number of anilines is 1. The number of amides is 1. The Hall–Kier alpha value is -2.75. The molecule has 0 aliphatic rings. The minimum absolute atomic E-state index is 0.165. The number of hydrogen-bond donors (Lipinski definition) is 4. The number of hydrogen-bond acceptors (Lipinski definition) is 6. The van der Waals surface area contributed by atoms with Gasteiger partial charge in [-0.25, -0.2) is 15.3 Å². The van der Waals surface area contributed by atoms with E-state index in [0.29, 0.717) is 0 Å². The van der Waals surface area contributed by atoms with Gasteiger partial charge in [-0.2, -0.15) is 5.10 Å². The van der Waals surface area contributed by atoms with E-state index < -0.39 is 23.2 Å². The number of aromatic amines is 2. The Bertz CT molecular complexity index is 844. The van der Waals surface area contributed by atoms with Crippen LogP contribution in [0.3, 0.4) is 0 Å². The monoisotopic (exact) mass is 380 g/mol. The summed E-state index contributed by atoms with van der Waals surface area (Å²) >= 11 is 3.36. The molecule has 0 aliphatic heterocycles. The van der Waals surface area contributed by atoms with Crippen molar-refractivity contribution < 1.29 is 4.79 Å². The number of carbonyl (C=O) groups is 1. The zero-order valence-corrected chi connectivity index (χ0v) is 13.5. The fourth-order valence-electron chi connectivity index (χ4n) is 1.56. The van der Waals surface area contributed by atoms with Crippen molar-refractivity contribution in [2.45, 2.75) is 13.0 Å². The van der Waals surface area contributed by atoms with Gasteiger partial charge in [-0.05, 0) is 13.0 Å². The lowest BCUT2D eigenvalue weighted by Crippen LogP contribution is -2.38. The van der Waals surface area contributed by atoms with Gasteiger partial charge in [0.05, 0.1) is 6.21 Å². The summed E-state index contributed by atoms with van der Waals surface area (Å²) in [5, 5.41) is 12.0. The molecule has 0 saturated heterocycles. The van der Waals surface area contributed by atoms with Crippen molar-refractivity contribution in [3.63, 3.8) is 0 Å². The van der Waals surface area contributed by atoms with Crippen LogP contribution in [0.25, 0.3) is 0 Å². The van der Waals surface area contributed by atoms with Crippen molar-refractivity contribution in [3.05, 3.63) is 55.1 Å². The average molecular weight is 381 g/mol. The van der Waals surface area contributed by atoms with Crippen molar-refractivity contribution in [3.8, 4) is 0 Å². The van der Waals surface area contributed by atoms with Crippen LogP contribution in [0.5, 0.6) is 0 Å². The average Bonchev–Trinajstić information content (AvgIpc) is 2.51. The summed E-state index contributed by atoms with van der Waals surface area (Å²) < 4.78 is 0.841. The predicted octanol–water partition coefficient (Wildman–Crippen LogP) is 0.171. The summed E-state index contributed by atoms with van der Waals surface area (Å²) in [7, 11) is 0. The molecular formula is C13H13BrN6O3. The van der Waals surface area contributed by atoms with E-state index in [4.69, 9.17) is 0 Å². The number of halogens is 1. The summed E-state index contributed by atoms with van der Waals surface area (Å²) in [6, 6.07) is 6.59. The minimum atomic E-state index is -0.786. The van der Waals surface area contributed by atoms with E-state index >= 15 is 0 Å². The number of benzene rings is 1. The fourth-order valence-corrected chi connectivity index (χ4v) is 1.95. The zero-order chi connectivity index (χ0) is 16.8.